The van der Waals surface area contributed by atoms with Gasteiger partial charge in [0.1, 0.15) is 5.75 Å². The highest BCUT2D eigenvalue weighted by molar-refractivity contribution is 6.30. The van der Waals surface area contributed by atoms with E-state index in [1.54, 1.807) is 24.3 Å². The number of carbonyl (C=O) groups is 1. The second-order valence-electron chi connectivity index (χ2n) is 4.38. The lowest BCUT2D eigenvalue weighted by Crippen LogP contribution is -2.34. The molecule has 0 aromatic heterocycles. The number of hydrogen-bond acceptors (Lipinski definition) is 3. The zero-order valence-electron chi connectivity index (χ0n) is 11.3. The summed E-state index contributed by atoms with van der Waals surface area (Å²) in [6.07, 6.45) is -0.779. The van der Waals surface area contributed by atoms with Crippen LogP contribution in [0.15, 0.2) is 54.6 Å². The van der Waals surface area contributed by atoms with E-state index in [9.17, 15) is 4.79 Å². The topological polar surface area (TPSA) is 58.6 Å². The van der Waals surface area contributed by atoms with Crippen LogP contribution in [0.2, 0.25) is 5.02 Å². The van der Waals surface area contributed by atoms with E-state index in [0.29, 0.717) is 10.8 Å². The summed E-state index contributed by atoms with van der Waals surface area (Å²) in [4.78, 5) is 12.2. The number of benzene rings is 2. The summed E-state index contributed by atoms with van der Waals surface area (Å²) < 4.78 is 5.76. The summed E-state index contributed by atoms with van der Waals surface area (Å²) in [5.74, 6) is 0.248. The highest BCUT2D eigenvalue weighted by Gasteiger charge is 2.22. The van der Waals surface area contributed by atoms with Crippen molar-refractivity contribution < 1.29 is 14.6 Å². The minimum atomic E-state index is -0.779. The van der Waals surface area contributed by atoms with Crippen molar-refractivity contribution in [1.29, 1.82) is 0 Å². The van der Waals surface area contributed by atoms with Gasteiger partial charge in [-0.3, -0.25) is 4.79 Å². The van der Waals surface area contributed by atoms with E-state index in [-0.39, 0.29) is 19.1 Å². The van der Waals surface area contributed by atoms with Crippen molar-refractivity contribution in [3.05, 3.63) is 65.2 Å². The van der Waals surface area contributed by atoms with E-state index in [1.807, 2.05) is 30.3 Å². The molecule has 0 bridgehead atoms. The van der Waals surface area contributed by atoms with Crippen molar-refractivity contribution >= 4 is 17.5 Å². The Balaban J connectivity index is 2.19. The molecule has 2 aromatic rings. The lowest BCUT2D eigenvalue weighted by molar-refractivity contribution is -0.128. The van der Waals surface area contributed by atoms with Crippen molar-refractivity contribution in [2.75, 3.05) is 13.2 Å². The first-order chi connectivity index (χ1) is 10.2. The lowest BCUT2D eigenvalue weighted by atomic mass is 10.1. The van der Waals surface area contributed by atoms with E-state index in [1.165, 1.54) is 0 Å². The van der Waals surface area contributed by atoms with Gasteiger partial charge in [-0.25, -0.2) is 0 Å². The van der Waals surface area contributed by atoms with Crippen molar-refractivity contribution in [1.82, 2.24) is 5.32 Å². The molecule has 21 heavy (non-hydrogen) atoms. The van der Waals surface area contributed by atoms with Crippen LogP contribution in [-0.4, -0.2) is 24.2 Å². The Morgan fingerprint density at radius 1 is 1.14 bits per heavy atom. The smallest absolute Gasteiger partial charge is 0.265 e. The van der Waals surface area contributed by atoms with Crippen LogP contribution in [0.1, 0.15) is 11.7 Å². The largest absolute Gasteiger partial charge is 0.476 e. The molecule has 0 aliphatic rings. The van der Waals surface area contributed by atoms with E-state index < -0.39 is 6.10 Å². The number of hydrogen-bond donors (Lipinski definition) is 2. The maximum atomic E-state index is 12.2. The third-order valence-corrected chi connectivity index (χ3v) is 3.07. The average molecular weight is 306 g/mol. The first-order valence-electron chi connectivity index (χ1n) is 6.56. The summed E-state index contributed by atoms with van der Waals surface area (Å²) in [5, 5.41) is 12.0. The Morgan fingerprint density at radius 3 is 2.43 bits per heavy atom. The van der Waals surface area contributed by atoms with Gasteiger partial charge in [-0.1, -0.05) is 41.9 Å². The summed E-state index contributed by atoms with van der Waals surface area (Å²) in [6, 6.07) is 16.0. The van der Waals surface area contributed by atoms with Crippen molar-refractivity contribution in [2.45, 2.75) is 6.10 Å². The van der Waals surface area contributed by atoms with Crippen molar-refractivity contribution in [3.8, 4) is 5.75 Å². The van der Waals surface area contributed by atoms with Crippen LogP contribution in [-0.2, 0) is 4.79 Å². The molecular weight excluding hydrogens is 290 g/mol. The highest BCUT2D eigenvalue weighted by atomic mass is 35.5. The van der Waals surface area contributed by atoms with Gasteiger partial charge in [0.2, 0.25) is 6.10 Å². The number of aliphatic hydroxyl groups is 1. The zero-order valence-corrected chi connectivity index (χ0v) is 12.1. The SMILES string of the molecule is O=C(NCCO)C(Oc1ccc(Cl)cc1)c1ccccc1. The second kappa shape index (κ2) is 7.67. The molecule has 0 spiro atoms. The standard InChI is InChI=1S/C16H16ClNO3/c17-13-6-8-14(9-7-13)21-15(16(20)18-10-11-19)12-4-2-1-3-5-12/h1-9,15,19H,10-11H2,(H,18,20). The molecule has 110 valence electrons. The maximum absolute atomic E-state index is 12.2. The molecule has 2 aromatic carbocycles. The molecule has 4 nitrogen and oxygen atoms in total. The Kier molecular flexibility index (Phi) is 5.60. The summed E-state index contributed by atoms with van der Waals surface area (Å²) >= 11 is 5.83. The highest BCUT2D eigenvalue weighted by Crippen LogP contribution is 2.23. The molecular formula is C16H16ClNO3. The third-order valence-electron chi connectivity index (χ3n) is 2.82. The van der Waals surface area contributed by atoms with Gasteiger partial charge in [0.25, 0.3) is 5.91 Å². The predicted octanol–water partition coefficient (Wildman–Crippen LogP) is 2.57. The van der Waals surface area contributed by atoms with Gasteiger partial charge in [-0.05, 0) is 24.3 Å². The molecule has 0 radical (unpaired) electrons. The average Bonchev–Trinajstić information content (AvgIpc) is 2.53. The quantitative estimate of drug-likeness (QED) is 0.862. The van der Waals surface area contributed by atoms with Crippen LogP contribution >= 0.6 is 11.6 Å². The van der Waals surface area contributed by atoms with E-state index in [0.717, 1.165) is 5.56 Å². The van der Waals surface area contributed by atoms with Crippen LogP contribution in [0.3, 0.4) is 0 Å². The van der Waals surface area contributed by atoms with E-state index in [4.69, 9.17) is 21.4 Å². The predicted molar refractivity (Wildman–Crippen MR) is 81.4 cm³/mol. The Hall–Kier alpha value is -2.04. The molecule has 1 unspecified atom stereocenters. The summed E-state index contributed by atoms with van der Waals surface area (Å²) in [7, 11) is 0. The van der Waals surface area contributed by atoms with Crippen LogP contribution in [0.25, 0.3) is 0 Å². The molecule has 2 N–H and O–H groups in total. The number of carbonyl (C=O) groups excluding carboxylic acids is 1. The molecule has 0 saturated carbocycles. The Morgan fingerprint density at radius 2 is 1.81 bits per heavy atom. The van der Waals surface area contributed by atoms with Gasteiger partial charge in [0, 0.05) is 17.1 Å². The third kappa shape index (κ3) is 4.48. The van der Waals surface area contributed by atoms with Gasteiger partial charge in [0.05, 0.1) is 6.61 Å². The number of nitrogens with one attached hydrogen (secondary N) is 1. The first kappa shape index (κ1) is 15.4. The number of aliphatic hydroxyl groups excluding tert-OH is 1. The summed E-state index contributed by atoms with van der Waals surface area (Å²) in [5.41, 5.74) is 0.739. The molecule has 0 aliphatic heterocycles. The van der Waals surface area contributed by atoms with E-state index in [2.05, 4.69) is 5.32 Å². The molecule has 2 rings (SSSR count). The number of halogens is 1. The Bertz CT molecular complexity index is 572. The fourth-order valence-corrected chi connectivity index (χ4v) is 1.95. The minimum absolute atomic E-state index is 0.117. The van der Waals surface area contributed by atoms with Crippen LogP contribution in [0, 0.1) is 0 Å². The fourth-order valence-electron chi connectivity index (χ4n) is 1.82. The fraction of sp³-hybridized carbons (Fsp3) is 0.188. The van der Waals surface area contributed by atoms with Gasteiger partial charge in [-0.2, -0.15) is 0 Å². The number of ether oxygens (including phenoxy) is 1. The maximum Gasteiger partial charge on any atom is 0.265 e. The van der Waals surface area contributed by atoms with Gasteiger partial charge in [-0.15, -0.1) is 0 Å². The summed E-state index contributed by atoms with van der Waals surface area (Å²) in [6.45, 7) is 0.0698. The zero-order chi connectivity index (χ0) is 15.1. The first-order valence-corrected chi connectivity index (χ1v) is 6.94. The Labute approximate surface area is 128 Å². The van der Waals surface area contributed by atoms with Crippen LogP contribution in [0.4, 0.5) is 0 Å². The van der Waals surface area contributed by atoms with Crippen LogP contribution in [0.5, 0.6) is 5.75 Å². The molecule has 0 heterocycles. The molecule has 1 atom stereocenters. The normalized spacial score (nSPS) is 11.7. The minimum Gasteiger partial charge on any atom is -0.476 e. The van der Waals surface area contributed by atoms with Gasteiger partial charge >= 0.3 is 0 Å². The van der Waals surface area contributed by atoms with Crippen molar-refractivity contribution in [3.63, 3.8) is 0 Å². The molecule has 0 saturated heterocycles. The van der Waals surface area contributed by atoms with Crippen LogP contribution < -0.4 is 10.1 Å². The molecule has 0 aliphatic carbocycles. The second-order valence-corrected chi connectivity index (χ2v) is 4.81. The van der Waals surface area contributed by atoms with E-state index >= 15 is 0 Å². The molecule has 0 fully saturated rings. The van der Waals surface area contributed by atoms with Gasteiger partial charge < -0.3 is 15.2 Å². The lowest BCUT2D eigenvalue weighted by Gasteiger charge is -2.19. The molecule has 1 amide bonds. The number of rotatable bonds is 6. The number of amides is 1. The van der Waals surface area contributed by atoms with Gasteiger partial charge in [0.15, 0.2) is 0 Å². The monoisotopic (exact) mass is 305 g/mol. The van der Waals surface area contributed by atoms with Crippen molar-refractivity contribution in [2.24, 2.45) is 0 Å². The molecule has 5 heteroatoms.